The number of hydrogen-bond donors (Lipinski definition) is 0. The lowest BCUT2D eigenvalue weighted by Crippen LogP contribution is -2.27. The van der Waals surface area contributed by atoms with Crippen LogP contribution in [0.2, 0.25) is 0 Å². The maximum atomic E-state index is 13.9. The summed E-state index contributed by atoms with van der Waals surface area (Å²) in [7, 11) is 0. The molecule has 0 radical (unpaired) electrons. The number of aromatic nitrogens is 2. The molecule has 6 nitrogen and oxygen atoms in total. The summed E-state index contributed by atoms with van der Waals surface area (Å²) in [6.07, 6.45) is 3.69. The number of imidazole rings is 1. The summed E-state index contributed by atoms with van der Waals surface area (Å²) in [6, 6.07) is 20.4. The van der Waals surface area contributed by atoms with Crippen LogP contribution in [0, 0.1) is 5.82 Å². The lowest BCUT2D eigenvalue weighted by Gasteiger charge is -2.29. The van der Waals surface area contributed by atoms with E-state index in [0.29, 0.717) is 36.9 Å². The zero-order chi connectivity index (χ0) is 24.4. The number of furan rings is 1. The second-order valence-corrected chi connectivity index (χ2v) is 8.52. The van der Waals surface area contributed by atoms with Gasteiger partial charge < -0.3 is 14.1 Å². The molecule has 0 N–H and O–H groups in total. The third-order valence-electron chi connectivity index (χ3n) is 5.90. The van der Waals surface area contributed by atoms with Gasteiger partial charge in [-0.25, -0.2) is 9.37 Å². The molecule has 0 saturated heterocycles. The van der Waals surface area contributed by atoms with Gasteiger partial charge in [-0.3, -0.25) is 9.36 Å². The summed E-state index contributed by atoms with van der Waals surface area (Å²) >= 11 is 0. The van der Waals surface area contributed by atoms with Crippen LogP contribution in [0.5, 0.6) is 5.88 Å². The Labute approximate surface area is 203 Å². The molecule has 7 heteroatoms. The zero-order valence-electron chi connectivity index (χ0n) is 19.7. The number of rotatable bonds is 7. The topological polar surface area (TPSA) is 60.5 Å². The molecule has 3 heterocycles. The molecule has 4 aromatic rings. The fourth-order valence-electron chi connectivity index (χ4n) is 4.31. The van der Waals surface area contributed by atoms with Crippen LogP contribution in [0.1, 0.15) is 42.4 Å². The van der Waals surface area contributed by atoms with Gasteiger partial charge in [0.25, 0.3) is 0 Å². The van der Waals surface area contributed by atoms with Crippen LogP contribution in [-0.4, -0.2) is 15.5 Å². The van der Waals surface area contributed by atoms with Crippen LogP contribution >= 0.6 is 0 Å². The number of carbonyl (C=O) groups excluding carboxylic acids is 1. The van der Waals surface area contributed by atoms with Gasteiger partial charge in [-0.05, 0) is 42.0 Å². The van der Waals surface area contributed by atoms with E-state index in [0.717, 1.165) is 34.8 Å². The Morgan fingerprint density at radius 1 is 1.06 bits per heavy atom. The van der Waals surface area contributed by atoms with E-state index in [2.05, 4.69) is 4.90 Å². The van der Waals surface area contributed by atoms with E-state index in [4.69, 9.17) is 14.1 Å². The second-order valence-electron chi connectivity index (χ2n) is 8.52. The molecule has 1 aliphatic rings. The van der Waals surface area contributed by atoms with E-state index in [-0.39, 0.29) is 5.82 Å². The van der Waals surface area contributed by atoms with Crippen molar-refractivity contribution >= 4 is 17.2 Å². The number of fused-ring (bicyclic) bond motifs is 1. The first kappa shape index (κ1) is 22.7. The van der Waals surface area contributed by atoms with Crippen molar-refractivity contribution in [1.82, 2.24) is 9.55 Å². The summed E-state index contributed by atoms with van der Waals surface area (Å²) in [5, 5.41) is 0. The van der Waals surface area contributed by atoms with Gasteiger partial charge in [0.15, 0.2) is 0 Å². The van der Waals surface area contributed by atoms with Crippen LogP contribution in [0.15, 0.2) is 77.3 Å². The Morgan fingerprint density at radius 3 is 2.57 bits per heavy atom. The summed E-state index contributed by atoms with van der Waals surface area (Å²) in [6.45, 7) is 3.83. The number of benzene rings is 2. The molecule has 178 valence electrons. The van der Waals surface area contributed by atoms with Gasteiger partial charge in [0, 0.05) is 37.2 Å². The van der Waals surface area contributed by atoms with Gasteiger partial charge in [-0.15, -0.1) is 0 Å². The maximum absolute atomic E-state index is 13.9. The van der Waals surface area contributed by atoms with Crippen LogP contribution in [0.4, 0.5) is 10.1 Å². The van der Waals surface area contributed by atoms with E-state index in [1.54, 1.807) is 6.07 Å². The molecule has 0 saturated carbocycles. The van der Waals surface area contributed by atoms with E-state index in [1.807, 2.05) is 66.2 Å². The van der Waals surface area contributed by atoms with E-state index in [9.17, 15) is 9.18 Å². The number of para-hydroxylation sites is 1. The van der Waals surface area contributed by atoms with Gasteiger partial charge in [0.2, 0.25) is 5.88 Å². The molecule has 0 amide bonds. The predicted molar refractivity (Wildman–Crippen MR) is 131 cm³/mol. The predicted octanol–water partition coefficient (Wildman–Crippen LogP) is 5.76. The summed E-state index contributed by atoms with van der Waals surface area (Å²) in [5.41, 5.74) is 3.32. The maximum Gasteiger partial charge on any atom is 0.309 e. The molecule has 0 unspecified atom stereocenters. The van der Waals surface area contributed by atoms with Gasteiger partial charge in [0.1, 0.15) is 35.5 Å². The second kappa shape index (κ2) is 9.62. The van der Waals surface area contributed by atoms with Crippen LogP contribution in [0.25, 0.3) is 5.57 Å². The molecule has 0 fully saturated rings. The van der Waals surface area contributed by atoms with E-state index in [1.165, 1.54) is 19.1 Å². The average Bonchev–Trinajstić information content (AvgIpc) is 3.44. The van der Waals surface area contributed by atoms with Crippen LogP contribution in [0.3, 0.4) is 0 Å². The molecule has 0 spiro atoms. The molecule has 2 aromatic carbocycles. The normalized spacial score (nSPS) is 12.9. The highest BCUT2D eigenvalue weighted by atomic mass is 19.1. The highest BCUT2D eigenvalue weighted by molar-refractivity contribution is 5.72. The van der Waals surface area contributed by atoms with Crippen LogP contribution < -0.4 is 9.64 Å². The van der Waals surface area contributed by atoms with Gasteiger partial charge in [0.05, 0.1) is 6.42 Å². The first-order valence-corrected chi connectivity index (χ1v) is 11.6. The third-order valence-corrected chi connectivity index (χ3v) is 5.90. The quantitative estimate of drug-likeness (QED) is 0.321. The molecule has 2 aromatic heterocycles. The number of hydrogen-bond acceptors (Lipinski definition) is 5. The monoisotopic (exact) mass is 471 g/mol. The lowest BCUT2D eigenvalue weighted by atomic mass is 10.0. The fourth-order valence-corrected chi connectivity index (χ4v) is 4.31. The van der Waals surface area contributed by atoms with Crippen molar-refractivity contribution in [2.75, 3.05) is 4.90 Å². The Hall–Kier alpha value is -4.13. The van der Waals surface area contributed by atoms with Gasteiger partial charge >= 0.3 is 5.97 Å². The number of ether oxygens (including phenoxy) is 1. The zero-order valence-corrected chi connectivity index (χ0v) is 19.7. The molecular formula is C28H26FN3O3. The van der Waals surface area contributed by atoms with E-state index >= 15 is 0 Å². The summed E-state index contributed by atoms with van der Waals surface area (Å²) < 4.78 is 27.4. The number of nitrogens with zero attached hydrogens (tertiary/aromatic N) is 3. The fraction of sp³-hybridized carbons (Fsp3) is 0.214. The number of halogens is 1. The molecule has 35 heavy (non-hydrogen) atoms. The summed E-state index contributed by atoms with van der Waals surface area (Å²) in [5.74, 6) is 2.02. The number of esters is 1. The SMILES string of the molecule is CCc1ccc(Cc2nc3n(c2OC(C)=O)CN(c2ccccc2)C=C3Cc2cccc(F)c2)o1. The number of anilines is 1. The minimum Gasteiger partial charge on any atom is -0.466 e. The van der Waals surface area contributed by atoms with Crippen molar-refractivity contribution in [2.45, 2.75) is 39.8 Å². The van der Waals surface area contributed by atoms with E-state index < -0.39 is 5.97 Å². The minimum atomic E-state index is -0.421. The number of aryl methyl sites for hydroxylation is 1. The van der Waals surface area contributed by atoms with Crippen molar-refractivity contribution in [2.24, 2.45) is 0 Å². The Kier molecular flexibility index (Phi) is 6.23. The largest absolute Gasteiger partial charge is 0.466 e. The Bertz CT molecular complexity index is 1390. The summed E-state index contributed by atoms with van der Waals surface area (Å²) in [4.78, 5) is 19.0. The highest BCUT2D eigenvalue weighted by Crippen LogP contribution is 2.35. The Balaban J connectivity index is 1.60. The number of allylic oxidation sites excluding steroid dienone is 1. The molecule has 0 aliphatic carbocycles. The van der Waals surface area contributed by atoms with Gasteiger partial charge in [-0.2, -0.15) is 0 Å². The molecule has 5 rings (SSSR count). The van der Waals surface area contributed by atoms with Crippen molar-refractivity contribution < 1.29 is 18.3 Å². The number of carbonyl (C=O) groups is 1. The average molecular weight is 472 g/mol. The van der Waals surface area contributed by atoms with Crippen LogP contribution in [-0.2, 0) is 30.7 Å². The smallest absolute Gasteiger partial charge is 0.309 e. The first-order chi connectivity index (χ1) is 17.0. The van der Waals surface area contributed by atoms with Crippen molar-refractivity contribution in [3.63, 3.8) is 0 Å². The van der Waals surface area contributed by atoms with Crippen molar-refractivity contribution in [1.29, 1.82) is 0 Å². The van der Waals surface area contributed by atoms with Crippen molar-refractivity contribution in [3.8, 4) is 5.88 Å². The standard InChI is InChI=1S/C28H26FN3O3/c1-3-24-12-13-25(35-24)16-26-28(34-19(2)33)32-18-31(23-10-5-4-6-11-23)17-21(27(32)30-26)14-20-8-7-9-22(29)15-20/h4-13,15,17H,3,14,16,18H2,1-2H3. The Morgan fingerprint density at radius 2 is 1.86 bits per heavy atom. The molecular weight excluding hydrogens is 445 g/mol. The van der Waals surface area contributed by atoms with Crippen molar-refractivity contribution in [3.05, 3.63) is 107 Å². The molecule has 0 bridgehead atoms. The lowest BCUT2D eigenvalue weighted by molar-refractivity contribution is -0.132. The minimum absolute atomic E-state index is 0.284. The first-order valence-electron chi connectivity index (χ1n) is 11.6. The molecule has 0 atom stereocenters. The molecule has 1 aliphatic heterocycles. The highest BCUT2D eigenvalue weighted by Gasteiger charge is 2.28. The third kappa shape index (κ3) is 4.89. The van der Waals surface area contributed by atoms with Gasteiger partial charge in [-0.1, -0.05) is 37.3 Å².